The van der Waals surface area contributed by atoms with Crippen LogP contribution in [0.3, 0.4) is 0 Å². The topological polar surface area (TPSA) is 204 Å². The minimum Gasteiger partial charge on any atom is -0.394 e. The molecule has 0 spiro atoms. The number of benzene rings is 1. The first-order valence-corrected chi connectivity index (χ1v) is 23.9. The van der Waals surface area contributed by atoms with Crippen molar-refractivity contribution in [1.29, 1.82) is 0 Å². The molecule has 3 heterocycles. The van der Waals surface area contributed by atoms with Crippen LogP contribution in [-0.4, -0.2) is 169 Å². The van der Waals surface area contributed by atoms with Crippen molar-refractivity contribution in [2.24, 2.45) is 23.7 Å². The highest BCUT2D eigenvalue weighted by Crippen LogP contribution is 2.43. The Morgan fingerprint density at radius 1 is 0.909 bits per heavy atom. The van der Waals surface area contributed by atoms with Crippen molar-refractivity contribution in [1.82, 2.24) is 30.2 Å². The number of hydrogen-bond donors (Lipinski definition) is 3. The number of imide groups is 1. The second-order valence-electron chi connectivity index (χ2n) is 18.9. The van der Waals surface area contributed by atoms with Gasteiger partial charge in [-0.15, -0.1) is 0 Å². The number of methoxy groups -OCH3 is 2. The van der Waals surface area contributed by atoms with E-state index in [-0.39, 0.29) is 98.6 Å². The van der Waals surface area contributed by atoms with Crippen LogP contribution in [0.5, 0.6) is 0 Å². The summed E-state index contributed by atoms with van der Waals surface area (Å²) in [6, 6.07) is 6.45. The van der Waals surface area contributed by atoms with Crippen molar-refractivity contribution < 1.29 is 52.9 Å². The van der Waals surface area contributed by atoms with Gasteiger partial charge in [0.15, 0.2) is 0 Å². The number of hydrogen-bond acceptors (Lipinski definition) is 11. The predicted octanol–water partition coefficient (Wildman–Crippen LogP) is 2.48. The Labute approximate surface area is 390 Å². The average Bonchev–Trinajstić information content (AvgIpc) is 4.13. The summed E-state index contributed by atoms with van der Waals surface area (Å²) in [5, 5.41) is 16.1. The summed E-state index contributed by atoms with van der Waals surface area (Å²) in [6.45, 7) is 9.99. The van der Waals surface area contributed by atoms with Crippen LogP contribution in [-0.2, 0) is 54.2 Å². The molecule has 7 amide bonds. The Kier molecular flexibility index (Phi) is 19.3. The SMILES string of the molecule is CC[C@H](C)[C@@H]([C@@H](CC(=O)N1CCC[C@H]1[C@H](OC)[C@@H](C)C(=O)N[C@H](CO)Cc1ccccc1)OC)N(C)C(=O)[C@@H](NC(=O)[C@@H]1[C@H]2CC[C@H](C2)N1C(=O)CCOCCN1C(=O)C=CC1=O)C(C)C. The van der Waals surface area contributed by atoms with Gasteiger partial charge in [0.25, 0.3) is 11.8 Å². The molecule has 11 atom stereocenters. The Bertz CT molecular complexity index is 1860. The summed E-state index contributed by atoms with van der Waals surface area (Å²) in [6.07, 6.45) is 5.87. The second-order valence-corrected chi connectivity index (χ2v) is 18.9. The molecule has 1 aromatic carbocycles. The standard InChI is InChI=1S/C49H74N6O11/c1-9-31(4)44(38(64-7)28-42(60)53-22-13-16-37(53)46(65-8)32(5)47(61)50-35(29-56)26-33-14-11-10-12-15-33)52(6)49(63)43(30(2)3)51-48(62)45-34-17-18-36(27-34)55(45)41(59)21-24-66-25-23-54-39(57)19-20-40(54)58/h10-12,14-15,19-20,30-32,34-38,43-46,56H,9,13,16-18,21-29H2,1-8H3,(H,50,61)(H,51,62)/t31-,32+,34-,35-,36+,37-,38+,43-,44-,45-,46+/m0/s1. The lowest BCUT2D eigenvalue weighted by atomic mass is 9.89. The van der Waals surface area contributed by atoms with E-state index in [1.165, 1.54) is 19.3 Å². The first-order valence-electron chi connectivity index (χ1n) is 23.9. The monoisotopic (exact) mass is 923 g/mol. The van der Waals surface area contributed by atoms with Gasteiger partial charge in [-0.3, -0.25) is 38.5 Å². The molecule has 66 heavy (non-hydrogen) atoms. The number of carbonyl (C=O) groups excluding carboxylic acids is 7. The van der Waals surface area contributed by atoms with Gasteiger partial charge in [-0.25, -0.2) is 0 Å². The number of aliphatic hydroxyl groups excluding tert-OH is 1. The number of carbonyl (C=O) groups is 7. The Morgan fingerprint density at radius 3 is 2.23 bits per heavy atom. The molecule has 3 aliphatic heterocycles. The van der Waals surface area contributed by atoms with Gasteiger partial charge in [0.05, 0.1) is 75.5 Å². The average molecular weight is 923 g/mol. The second kappa shape index (κ2) is 24.4. The number of aliphatic hydroxyl groups is 1. The summed E-state index contributed by atoms with van der Waals surface area (Å²) >= 11 is 0. The van der Waals surface area contributed by atoms with Crippen molar-refractivity contribution in [3.05, 3.63) is 48.0 Å². The van der Waals surface area contributed by atoms with Gasteiger partial charge in [0, 0.05) is 46.0 Å². The molecule has 2 saturated heterocycles. The van der Waals surface area contributed by atoms with Gasteiger partial charge in [0.2, 0.25) is 29.5 Å². The molecule has 366 valence electrons. The number of likely N-dealkylation sites (tertiary alicyclic amines) is 2. The molecule has 1 aromatic rings. The quantitative estimate of drug-likeness (QED) is 0.0961. The number of piperidine rings is 1. The summed E-state index contributed by atoms with van der Waals surface area (Å²) in [5.74, 6) is -3.29. The van der Waals surface area contributed by atoms with Crippen LogP contribution in [0.1, 0.15) is 91.5 Å². The van der Waals surface area contributed by atoms with Gasteiger partial charge >= 0.3 is 0 Å². The van der Waals surface area contributed by atoms with E-state index in [1.54, 1.807) is 35.8 Å². The van der Waals surface area contributed by atoms with Crippen LogP contribution < -0.4 is 10.6 Å². The lowest BCUT2D eigenvalue weighted by Crippen LogP contribution is -2.60. The third kappa shape index (κ3) is 12.4. The summed E-state index contributed by atoms with van der Waals surface area (Å²) < 4.78 is 17.6. The van der Waals surface area contributed by atoms with Gasteiger partial charge in [-0.2, -0.15) is 0 Å². The van der Waals surface area contributed by atoms with Gasteiger partial charge in [-0.05, 0) is 61.8 Å². The minimum atomic E-state index is -0.927. The third-order valence-corrected chi connectivity index (χ3v) is 14.3. The van der Waals surface area contributed by atoms with Crippen LogP contribution in [0.15, 0.2) is 42.5 Å². The normalized spacial score (nSPS) is 23.5. The molecular weight excluding hydrogens is 849 g/mol. The van der Waals surface area contributed by atoms with Crippen molar-refractivity contribution in [3.8, 4) is 0 Å². The first-order chi connectivity index (χ1) is 31.6. The summed E-state index contributed by atoms with van der Waals surface area (Å²) in [5.41, 5.74) is 0.987. The molecule has 3 fully saturated rings. The number of ether oxygens (including phenoxy) is 3. The van der Waals surface area contributed by atoms with E-state index in [1.807, 2.05) is 58.0 Å². The van der Waals surface area contributed by atoms with E-state index in [0.29, 0.717) is 32.2 Å². The van der Waals surface area contributed by atoms with E-state index in [9.17, 15) is 38.7 Å². The van der Waals surface area contributed by atoms with Crippen LogP contribution in [0.4, 0.5) is 0 Å². The van der Waals surface area contributed by atoms with E-state index in [0.717, 1.165) is 29.7 Å². The van der Waals surface area contributed by atoms with Crippen molar-refractivity contribution in [3.63, 3.8) is 0 Å². The molecule has 0 aromatic heterocycles. The van der Waals surface area contributed by atoms with E-state index >= 15 is 0 Å². The fourth-order valence-corrected chi connectivity index (χ4v) is 10.6. The number of likely N-dealkylation sites (N-methyl/N-ethyl adjacent to an activating group) is 1. The molecule has 17 heteroatoms. The number of nitrogens with one attached hydrogen (secondary N) is 2. The van der Waals surface area contributed by atoms with E-state index < -0.39 is 54.1 Å². The first kappa shape index (κ1) is 52.3. The maximum atomic E-state index is 14.6. The highest BCUT2D eigenvalue weighted by Gasteiger charge is 2.52. The van der Waals surface area contributed by atoms with Gasteiger partial charge in [0.1, 0.15) is 12.1 Å². The maximum absolute atomic E-state index is 14.6. The molecule has 3 N–H and O–H groups in total. The number of fused-ring (bicyclic) bond motifs is 2. The largest absolute Gasteiger partial charge is 0.394 e. The van der Waals surface area contributed by atoms with Crippen molar-refractivity contribution >= 4 is 41.4 Å². The maximum Gasteiger partial charge on any atom is 0.253 e. The Morgan fingerprint density at radius 2 is 1.61 bits per heavy atom. The lowest BCUT2D eigenvalue weighted by Gasteiger charge is -2.41. The van der Waals surface area contributed by atoms with Gasteiger partial charge in [-0.1, -0.05) is 71.4 Å². The lowest BCUT2D eigenvalue weighted by molar-refractivity contribution is -0.149. The van der Waals surface area contributed by atoms with Crippen molar-refractivity contribution in [2.75, 3.05) is 54.2 Å². The summed E-state index contributed by atoms with van der Waals surface area (Å²) in [4.78, 5) is 100. The van der Waals surface area contributed by atoms with Crippen LogP contribution >= 0.6 is 0 Å². The van der Waals surface area contributed by atoms with Crippen LogP contribution in [0.25, 0.3) is 0 Å². The molecule has 0 radical (unpaired) electrons. The molecule has 1 saturated carbocycles. The molecule has 0 unspecified atom stereocenters. The van der Waals surface area contributed by atoms with E-state index in [4.69, 9.17) is 14.2 Å². The number of nitrogens with zero attached hydrogens (tertiary/aromatic N) is 4. The third-order valence-electron chi connectivity index (χ3n) is 14.3. The van der Waals surface area contributed by atoms with Crippen LogP contribution in [0, 0.1) is 23.7 Å². The Hall–Kier alpha value is -4.71. The predicted molar refractivity (Wildman–Crippen MR) is 245 cm³/mol. The van der Waals surface area contributed by atoms with Crippen molar-refractivity contribution in [2.45, 2.75) is 141 Å². The minimum absolute atomic E-state index is 0.0228. The molecule has 4 aliphatic rings. The Balaban J connectivity index is 1.22. The zero-order valence-corrected chi connectivity index (χ0v) is 40.2. The van der Waals surface area contributed by atoms with Gasteiger partial charge < -0.3 is 44.7 Å². The molecule has 5 rings (SSSR count). The van der Waals surface area contributed by atoms with E-state index in [2.05, 4.69) is 10.6 Å². The highest BCUT2D eigenvalue weighted by atomic mass is 16.5. The molecule has 17 nitrogen and oxygen atoms in total. The summed E-state index contributed by atoms with van der Waals surface area (Å²) in [7, 11) is 4.76. The fraction of sp³-hybridized carbons (Fsp3) is 0.694. The number of amides is 7. The molecular formula is C49H74N6O11. The zero-order valence-electron chi connectivity index (χ0n) is 40.2. The molecule has 1 aliphatic carbocycles. The number of rotatable bonds is 25. The smallest absolute Gasteiger partial charge is 0.253 e. The fourth-order valence-electron chi connectivity index (χ4n) is 10.6. The highest BCUT2D eigenvalue weighted by molar-refractivity contribution is 6.12. The van der Waals surface area contributed by atoms with Crippen LogP contribution in [0.2, 0.25) is 0 Å². The zero-order chi connectivity index (χ0) is 48.2. The molecule has 2 bridgehead atoms.